The first kappa shape index (κ1) is 17.0. The Morgan fingerprint density at radius 1 is 1.22 bits per heavy atom. The Hall–Kier alpha value is -3.39. The summed E-state index contributed by atoms with van der Waals surface area (Å²) in [5.74, 6) is 0.124. The molecule has 0 aliphatic rings. The number of pyridine rings is 1. The Labute approximate surface area is 154 Å². The standard InChI is InChI=1S/C19H18N6O2/c1-2-13(26)9-25-11-22-15-8-14-16(23-18(15)25)20-10-21-17(14)24-19(27)12-6-4-3-5-7-12/h3-8,10-11,13,26H,2,9H2,1H3,(H,20,21,23,24,27)/t13-/m1/s1. The van der Waals surface area contributed by atoms with Crippen molar-refractivity contribution >= 4 is 33.9 Å². The smallest absolute Gasteiger partial charge is 0.256 e. The third-order valence-corrected chi connectivity index (χ3v) is 4.34. The predicted molar refractivity (Wildman–Crippen MR) is 101 cm³/mol. The molecule has 0 aliphatic carbocycles. The number of hydrogen-bond acceptors (Lipinski definition) is 6. The summed E-state index contributed by atoms with van der Waals surface area (Å²) in [4.78, 5) is 29.8. The van der Waals surface area contributed by atoms with Gasteiger partial charge in [0.15, 0.2) is 11.3 Å². The second-order valence-corrected chi connectivity index (χ2v) is 6.20. The quantitative estimate of drug-likeness (QED) is 0.565. The first-order valence-electron chi connectivity index (χ1n) is 8.66. The summed E-state index contributed by atoms with van der Waals surface area (Å²) in [6, 6.07) is 10.7. The fourth-order valence-electron chi connectivity index (χ4n) is 2.82. The van der Waals surface area contributed by atoms with Crippen molar-refractivity contribution in [3.8, 4) is 0 Å². The van der Waals surface area contributed by atoms with Gasteiger partial charge in [-0.3, -0.25) is 4.79 Å². The Bertz CT molecular complexity index is 1110. The number of aromatic nitrogens is 5. The number of carbonyl (C=O) groups excluding carboxylic acids is 1. The number of carbonyl (C=O) groups is 1. The molecule has 0 radical (unpaired) electrons. The number of imidazole rings is 1. The van der Waals surface area contributed by atoms with Crippen LogP contribution in [0.1, 0.15) is 23.7 Å². The van der Waals surface area contributed by atoms with Crippen molar-refractivity contribution in [3.63, 3.8) is 0 Å². The Morgan fingerprint density at radius 2 is 2.04 bits per heavy atom. The van der Waals surface area contributed by atoms with E-state index in [1.54, 1.807) is 41.2 Å². The highest BCUT2D eigenvalue weighted by Gasteiger charge is 2.14. The predicted octanol–water partition coefficient (Wildman–Crippen LogP) is 2.40. The third-order valence-electron chi connectivity index (χ3n) is 4.34. The zero-order chi connectivity index (χ0) is 18.8. The van der Waals surface area contributed by atoms with Crippen LogP contribution in [0, 0.1) is 0 Å². The molecule has 4 aromatic rings. The Balaban J connectivity index is 1.73. The number of fused-ring (bicyclic) bond motifs is 2. The summed E-state index contributed by atoms with van der Waals surface area (Å²) >= 11 is 0. The maximum atomic E-state index is 12.4. The molecular weight excluding hydrogens is 344 g/mol. The summed E-state index contributed by atoms with van der Waals surface area (Å²) in [6.07, 6.45) is 3.19. The maximum Gasteiger partial charge on any atom is 0.256 e. The van der Waals surface area contributed by atoms with Gasteiger partial charge in [-0.2, -0.15) is 0 Å². The molecule has 0 saturated heterocycles. The zero-order valence-electron chi connectivity index (χ0n) is 14.7. The van der Waals surface area contributed by atoms with Crippen LogP contribution in [0.15, 0.2) is 49.1 Å². The van der Waals surface area contributed by atoms with Gasteiger partial charge in [0.2, 0.25) is 0 Å². The molecule has 0 bridgehead atoms. The third kappa shape index (κ3) is 3.34. The molecule has 8 nitrogen and oxygen atoms in total. The van der Waals surface area contributed by atoms with Crippen LogP contribution in [-0.4, -0.2) is 41.6 Å². The van der Waals surface area contributed by atoms with E-state index in [-0.39, 0.29) is 5.91 Å². The molecule has 0 spiro atoms. The van der Waals surface area contributed by atoms with Gasteiger partial charge in [-0.05, 0) is 24.6 Å². The van der Waals surface area contributed by atoms with Crippen molar-refractivity contribution in [2.24, 2.45) is 0 Å². The zero-order valence-corrected chi connectivity index (χ0v) is 14.7. The van der Waals surface area contributed by atoms with Gasteiger partial charge in [0.05, 0.1) is 24.4 Å². The van der Waals surface area contributed by atoms with Crippen molar-refractivity contribution in [1.82, 2.24) is 24.5 Å². The largest absolute Gasteiger partial charge is 0.391 e. The number of nitrogens with one attached hydrogen (secondary N) is 1. The fraction of sp³-hybridized carbons (Fsp3) is 0.211. The number of anilines is 1. The van der Waals surface area contributed by atoms with Gasteiger partial charge in [-0.25, -0.2) is 19.9 Å². The summed E-state index contributed by atoms with van der Waals surface area (Å²) in [6.45, 7) is 2.33. The van der Waals surface area contributed by atoms with Gasteiger partial charge >= 0.3 is 0 Å². The molecule has 136 valence electrons. The number of nitrogens with zero attached hydrogens (tertiary/aromatic N) is 5. The number of hydrogen-bond donors (Lipinski definition) is 2. The fourth-order valence-corrected chi connectivity index (χ4v) is 2.82. The molecule has 3 heterocycles. The monoisotopic (exact) mass is 362 g/mol. The summed E-state index contributed by atoms with van der Waals surface area (Å²) in [5.41, 5.74) is 2.27. The number of rotatable bonds is 5. The first-order valence-corrected chi connectivity index (χ1v) is 8.66. The van der Waals surface area contributed by atoms with Crippen LogP contribution < -0.4 is 5.32 Å². The van der Waals surface area contributed by atoms with Crippen molar-refractivity contribution < 1.29 is 9.90 Å². The number of amides is 1. The van der Waals surface area contributed by atoms with Crippen molar-refractivity contribution in [2.75, 3.05) is 5.32 Å². The lowest BCUT2D eigenvalue weighted by Crippen LogP contribution is -2.14. The van der Waals surface area contributed by atoms with E-state index >= 15 is 0 Å². The van der Waals surface area contributed by atoms with E-state index < -0.39 is 6.10 Å². The van der Waals surface area contributed by atoms with Crippen LogP contribution in [0.25, 0.3) is 22.2 Å². The lowest BCUT2D eigenvalue weighted by atomic mass is 10.2. The van der Waals surface area contributed by atoms with Crippen molar-refractivity contribution in [2.45, 2.75) is 26.0 Å². The van der Waals surface area contributed by atoms with Gasteiger partial charge in [0.1, 0.15) is 17.7 Å². The van der Waals surface area contributed by atoms with Crippen LogP contribution in [0.2, 0.25) is 0 Å². The first-order chi connectivity index (χ1) is 13.2. The molecule has 0 unspecified atom stereocenters. The van der Waals surface area contributed by atoms with Crippen molar-refractivity contribution in [3.05, 3.63) is 54.6 Å². The Kier molecular flexibility index (Phi) is 4.47. The highest BCUT2D eigenvalue weighted by Crippen LogP contribution is 2.23. The molecule has 2 N–H and O–H groups in total. The van der Waals surface area contributed by atoms with Crippen LogP contribution in [0.5, 0.6) is 0 Å². The number of benzene rings is 1. The maximum absolute atomic E-state index is 12.4. The average Bonchev–Trinajstić information content (AvgIpc) is 3.09. The molecule has 1 aromatic carbocycles. The topological polar surface area (TPSA) is 106 Å². The van der Waals surface area contributed by atoms with Crippen LogP contribution >= 0.6 is 0 Å². The molecular formula is C19H18N6O2. The minimum atomic E-state index is -0.467. The normalized spacial score (nSPS) is 12.4. The van der Waals surface area contributed by atoms with Gasteiger partial charge in [0.25, 0.3) is 5.91 Å². The lowest BCUT2D eigenvalue weighted by Gasteiger charge is -2.10. The summed E-state index contributed by atoms with van der Waals surface area (Å²) < 4.78 is 1.80. The van der Waals surface area contributed by atoms with Gasteiger partial charge in [0, 0.05) is 5.56 Å². The molecule has 0 aliphatic heterocycles. The molecule has 3 aromatic heterocycles. The highest BCUT2D eigenvalue weighted by molar-refractivity contribution is 6.08. The van der Waals surface area contributed by atoms with Crippen LogP contribution in [0.3, 0.4) is 0 Å². The van der Waals surface area contributed by atoms with Crippen LogP contribution in [-0.2, 0) is 6.54 Å². The highest BCUT2D eigenvalue weighted by atomic mass is 16.3. The van der Waals surface area contributed by atoms with E-state index in [1.165, 1.54) is 6.33 Å². The van der Waals surface area contributed by atoms with E-state index in [9.17, 15) is 9.90 Å². The lowest BCUT2D eigenvalue weighted by molar-refractivity contribution is 0.102. The van der Waals surface area contributed by atoms with E-state index in [1.807, 2.05) is 13.0 Å². The summed E-state index contributed by atoms with van der Waals surface area (Å²) in [5, 5.41) is 13.3. The minimum absolute atomic E-state index is 0.257. The van der Waals surface area contributed by atoms with Gasteiger partial charge in [-0.15, -0.1) is 0 Å². The number of aliphatic hydroxyl groups is 1. The van der Waals surface area contributed by atoms with E-state index in [4.69, 9.17) is 0 Å². The summed E-state index contributed by atoms with van der Waals surface area (Å²) in [7, 11) is 0. The number of aliphatic hydroxyl groups excluding tert-OH is 1. The van der Waals surface area contributed by atoms with E-state index in [2.05, 4.69) is 25.3 Å². The van der Waals surface area contributed by atoms with Gasteiger partial charge < -0.3 is 15.0 Å². The van der Waals surface area contributed by atoms with E-state index in [0.717, 1.165) is 0 Å². The minimum Gasteiger partial charge on any atom is -0.391 e. The molecule has 8 heteroatoms. The van der Waals surface area contributed by atoms with Crippen LogP contribution in [0.4, 0.5) is 5.82 Å². The molecule has 1 amide bonds. The Morgan fingerprint density at radius 3 is 2.81 bits per heavy atom. The second kappa shape index (κ2) is 7.08. The van der Waals surface area contributed by atoms with Gasteiger partial charge in [-0.1, -0.05) is 25.1 Å². The SMILES string of the molecule is CC[C@@H](O)Cn1cnc2cc3c(NC(=O)c4ccccc4)ncnc3nc21. The molecule has 1 atom stereocenters. The molecule has 27 heavy (non-hydrogen) atoms. The second-order valence-electron chi connectivity index (χ2n) is 6.20. The van der Waals surface area contributed by atoms with E-state index in [0.29, 0.717) is 46.5 Å². The molecule has 0 fully saturated rings. The molecule has 0 saturated carbocycles. The average molecular weight is 362 g/mol. The molecule has 4 rings (SSSR count). The van der Waals surface area contributed by atoms with Crippen molar-refractivity contribution in [1.29, 1.82) is 0 Å².